The van der Waals surface area contributed by atoms with Gasteiger partial charge in [0.05, 0.1) is 11.3 Å². The molecule has 2 heterocycles. The first-order valence-electron chi connectivity index (χ1n) is 15.2. The molecule has 0 aliphatic carbocycles. The van der Waals surface area contributed by atoms with E-state index in [2.05, 4.69) is 51.4 Å². The second-order valence-corrected chi connectivity index (χ2v) is 10.9. The van der Waals surface area contributed by atoms with Crippen LogP contribution in [0.15, 0.2) is 84.6 Å². The Kier molecular flexibility index (Phi) is 11.5. The van der Waals surface area contributed by atoms with Crippen molar-refractivity contribution in [3.05, 3.63) is 101 Å². The molecule has 2 atom stereocenters. The number of nitrogens with two attached hydrogens (primary N) is 3. The van der Waals surface area contributed by atoms with Gasteiger partial charge in [0.2, 0.25) is 5.95 Å². The number of hydrogen-bond donors (Lipinski definition) is 3. The molecular formula is C36H43N7O. The fraction of sp³-hybridized carbons (Fsp3) is 0.333. The Balaban J connectivity index is 1.47. The lowest BCUT2D eigenvalue weighted by Crippen LogP contribution is -2.58. The predicted octanol–water partition coefficient (Wildman–Crippen LogP) is 4.98. The summed E-state index contributed by atoms with van der Waals surface area (Å²) in [7, 11) is 0. The first-order valence-corrected chi connectivity index (χ1v) is 15.2. The molecule has 4 rings (SSSR count). The fourth-order valence-electron chi connectivity index (χ4n) is 5.34. The van der Waals surface area contributed by atoms with Crippen molar-refractivity contribution in [2.24, 2.45) is 17.2 Å². The monoisotopic (exact) mass is 589 g/mol. The summed E-state index contributed by atoms with van der Waals surface area (Å²) < 4.78 is 6.15. The molecule has 0 spiro atoms. The maximum Gasteiger partial charge on any atom is 0.225 e. The van der Waals surface area contributed by atoms with Crippen LogP contribution in [0.25, 0.3) is 5.70 Å². The number of terminal acetylenes is 1. The van der Waals surface area contributed by atoms with Crippen molar-refractivity contribution in [2.75, 3.05) is 18.0 Å². The zero-order chi connectivity index (χ0) is 31.3. The van der Waals surface area contributed by atoms with E-state index in [1.165, 1.54) is 0 Å². The Bertz CT molecular complexity index is 1530. The molecule has 228 valence electrons. The molecule has 6 N–H and O–H groups in total. The molecule has 8 nitrogen and oxygen atoms in total. The topological polar surface area (TPSA) is 120 Å². The van der Waals surface area contributed by atoms with Gasteiger partial charge in [-0.2, -0.15) is 0 Å². The third kappa shape index (κ3) is 8.49. The summed E-state index contributed by atoms with van der Waals surface area (Å²) in [6.45, 7) is 6.11. The minimum Gasteiger partial charge on any atom is -0.488 e. The van der Waals surface area contributed by atoms with Gasteiger partial charge in [-0.05, 0) is 50.0 Å². The van der Waals surface area contributed by atoms with Gasteiger partial charge in [-0.3, -0.25) is 0 Å². The highest BCUT2D eigenvalue weighted by molar-refractivity contribution is 5.70. The summed E-state index contributed by atoms with van der Waals surface area (Å²) in [4.78, 5) is 13.8. The number of ether oxygens (including phenoxy) is 1. The molecule has 1 saturated heterocycles. The van der Waals surface area contributed by atoms with Crippen molar-refractivity contribution in [1.82, 2.24) is 14.9 Å². The number of unbranched alkanes of at least 4 members (excludes halogenated alkanes) is 3. The summed E-state index contributed by atoms with van der Waals surface area (Å²) in [5.41, 5.74) is 23.1. The minimum atomic E-state index is 0.0901. The van der Waals surface area contributed by atoms with E-state index < -0.39 is 0 Å². The van der Waals surface area contributed by atoms with Gasteiger partial charge in [-0.1, -0.05) is 61.2 Å². The predicted molar refractivity (Wildman–Crippen MR) is 179 cm³/mol. The van der Waals surface area contributed by atoms with Crippen molar-refractivity contribution in [3.63, 3.8) is 0 Å². The van der Waals surface area contributed by atoms with Gasteiger partial charge >= 0.3 is 0 Å². The zero-order valence-corrected chi connectivity index (χ0v) is 25.7. The normalized spacial score (nSPS) is 16.4. The van der Waals surface area contributed by atoms with Crippen LogP contribution in [0.2, 0.25) is 0 Å². The highest BCUT2D eigenvalue weighted by atomic mass is 16.5. The maximum atomic E-state index is 6.67. The molecule has 1 aliphatic rings. The van der Waals surface area contributed by atoms with E-state index in [-0.39, 0.29) is 17.9 Å². The number of anilines is 1. The highest BCUT2D eigenvalue weighted by Crippen LogP contribution is 2.29. The number of benzene rings is 2. The van der Waals surface area contributed by atoms with Gasteiger partial charge in [0.25, 0.3) is 0 Å². The molecule has 2 unspecified atom stereocenters. The molecule has 1 fully saturated rings. The molecule has 44 heavy (non-hydrogen) atoms. The van der Waals surface area contributed by atoms with Gasteiger partial charge in [0.1, 0.15) is 18.2 Å². The van der Waals surface area contributed by atoms with Crippen LogP contribution in [0.1, 0.15) is 62.6 Å². The molecule has 0 saturated carbocycles. The Morgan fingerprint density at radius 3 is 2.41 bits per heavy atom. The molecule has 0 radical (unpaired) electrons. The largest absolute Gasteiger partial charge is 0.488 e. The van der Waals surface area contributed by atoms with Crippen LogP contribution in [0.4, 0.5) is 5.95 Å². The number of allylic oxidation sites excluding steroid dienone is 1. The van der Waals surface area contributed by atoms with Gasteiger partial charge in [0, 0.05) is 61.7 Å². The minimum absolute atomic E-state index is 0.0901. The maximum absolute atomic E-state index is 6.67. The van der Waals surface area contributed by atoms with Crippen LogP contribution >= 0.6 is 0 Å². The lowest BCUT2D eigenvalue weighted by atomic mass is 10.0. The average molecular weight is 590 g/mol. The lowest BCUT2D eigenvalue weighted by Gasteiger charge is -2.46. The molecule has 2 aromatic carbocycles. The van der Waals surface area contributed by atoms with Crippen LogP contribution in [0.3, 0.4) is 0 Å². The van der Waals surface area contributed by atoms with E-state index >= 15 is 0 Å². The molecule has 3 aromatic rings. The number of nitrogens with zero attached hydrogens (tertiary/aromatic N) is 4. The van der Waals surface area contributed by atoms with Gasteiger partial charge < -0.3 is 31.7 Å². The Labute approximate surface area is 262 Å². The average Bonchev–Trinajstić information content (AvgIpc) is 3.04. The number of para-hydroxylation sites is 1. The molecule has 0 bridgehead atoms. The Morgan fingerprint density at radius 2 is 1.70 bits per heavy atom. The quantitative estimate of drug-likeness (QED) is 0.163. The summed E-state index contributed by atoms with van der Waals surface area (Å²) in [5, 5.41) is 0. The van der Waals surface area contributed by atoms with Crippen LogP contribution in [-0.2, 0) is 6.61 Å². The molecule has 1 aromatic heterocycles. The van der Waals surface area contributed by atoms with E-state index in [1.54, 1.807) is 12.4 Å². The van der Waals surface area contributed by atoms with Crippen LogP contribution in [0.5, 0.6) is 5.75 Å². The van der Waals surface area contributed by atoms with Crippen LogP contribution in [-0.4, -0.2) is 40.0 Å². The number of piperazine rings is 1. The second-order valence-electron chi connectivity index (χ2n) is 10.9. The van der Waals surface area contributed by atoms with Crippen LogP contribution in [0, 0.1) is 24.2 Å². The third-order valence-corrected chi connectivity index (χ3v) is 7.59. The molecule has 8 heteroatoms. The van der Waals surface area contributed by atoms with E-state index in [0.717, 1.165) is 48.8 Å². The lowest BCUT2D eigenvalue weighted by molar-refractivity contribution is 0.238. The molecule has 0 amide bonds. The molecule has 1 aliphatic heterocycles. The number of aromatic nitrogens is 2. The van der Waals surface area contributed by atoms with Gasteiger partial charge in [0.15, 0.2) is 0 Å². The van der Waals surface area contributed by atoms with E-state index in [4.69, 9.17) is 28.4 Å². The van der Waals surface area contributed by atoms with Gasteiger partial charge in [-0.15, -0.1) is 12.3 Å². The van der Waals surface area contributed by atoms with E-state index in [1.807, 2.05) is 60.7 Å². The summed E-state index contributed by atoms with van der Waals surface area (Å²) in [6.07, 6.45) is 15.2. The second kappa shape index (κ2) is 16.0. The summed E-state index contributed by atoms with van der Waals surface area (Å²) in [5.74, 6) is 10.6. The highest BCUT2D eigenvalue weighted by Gasteiger charge is 2.34. The third-order valence-electron chi connectivity index (χ3n) is 7.59. The van der Waals surface area contributed by atoms with Crippen LogP contribution < -0.4 is 26.8 Å². The van der Waals surface area contributed by atoms with Gasteiger partial charge in [-0.25, -0.2) is 9.97 Å². The number of rotatable bonds is 11. The SMILES string of the molecule is C#CCCCCC#Cc1cnc(N2C(C)CN(C(/C=C(\N)c3ccccc3OCc3ccccc3)=C(N)N)CC2CC)nc1. The van der Waals surface area contributed by atoms with Crippen molar-refractivity contribution < 1.29 is 4.74 Å². The summed E-state index contributed by atoms with van der Waals surface area (Å²) in [6, 6.07) is 18.0. The van der Waals surface area contributed by atoms with E-state index in [0.29, 0.717) is 42.8 Å². The van der Waals surface area contributed by atoms with Crippen molar-refractivity contribution >= 4 is 11.6 Å². The standard InChI is InChI=1S/C36H43N7O/c1-4-6-7-8-9-11-18-29-22-40-36(41-23-29)43-27(3)24-42(25-30(43)5-2)33(35(38)39)21-32(37)31-19-14-15-20-34(31)44-26-28-16-12-10-13-17-28/h1,10,12-17,19-23,27,30H,5-9,24-26,37-39H2,2-3H3/b32-21-. The summed E-state index contributed by atoms with van der Waals surface area (Å²) >= 11 is 0. The Morgan fingerprint density at radius 1 is 1.00 bits per heavy atom. The first kappa shape index (κ1) is 31.8. The van der Waals surface area contributed by atoms with Crippen molar-refractivity contribution in [2.45, 2.75) is 64.6 Å². The van der Waals surface area contributed by atoms with Crippen molar-refractivity contribution in [1.29, 1.82) is 0 Å². The number of hydrogen-bond acceptors (Lipinski definition) is 8. The first-order chi connectivity index (χ1) is 21.4. The smallest absolute Gasteiger partial charge is 0.225 e. The fourth-order valence-corrected chi connectivity index (χ4v) is 5.34. The Hall–Kier alpha value is -5.08. The zero-order valence-electron chi connectivity index (χ0n) is 25.7. The van der Waals surface area contributed by atoms with E-state index in [9.17, 15) is 0 Å². The molecular weight excluding hydrogens is 546 g/mol. The van der Waals surface area contributed by atoms with Crippen molar-refractivity contribution in [3.8, 4) is 29.9 Å².